The number of nitrogens with zero attached hydrogens (tertiary/aromatic N) is 2. The Bertz CT molecular complexity index is 892. The van der Waals surface area contributed by atoms with Gasteiger partial charge in [-0.25, -0.2) is 9.37 Å². The van der Waals surface area contributed by atoms with Gasteiger partial charge in [-0.1, -0.05) is 6.07 Å². The fraction of sp³-hybridized carbons (Fsp3) is 0.176. The Morgan fingerprint density at radius 3 is 2.96 bits per heavy atom. The third-order valence-corrected chi connectivity index (χ3v) is 3.33. The predicted molar refractivity (Wildman–Crippen MR) is 86.4 cm³/mol. The van der Waals surface area contributed by atoms with Crippen molar-refractivity contribution in [2.75, 3.05) is 11.9 Å². The van der Waals surface area contributed by atoms with Crippen molar-refractivity contribution in [2.45, 2.75) is 13.5 Å². The molecule has 0 saturated heterocycles. The zero-order valence-electron chi connectivity index (χ0n) is 12.6. The molecule has 0 radical (unpaired) electrons. The number of fused-ring (bicyclic) bond motifs is 1. The van der Waals surface area contributed by atoms with Crippen LogP contribution in [0, 0.1) is 5.82 Å². The largest absolute Gasteiger partial charge is 0.492 e. The molecule has 0 fully saturated rings. The van der Waals surface area contributed by atoms with Gasteiger partial charge >= 0.3 is 0 Å². The molecular weight excluding hydrogens is 297 g/mol. The van der Waals surface area contributed by atoms with Crippen LogP contribution in [0.2, 0.25) is 0 Å². The maximum absolute atomic E-state index is 13.3. The van der Waals surface area contributed by atoms with Crippen LogP contribution >= 0.6 is 0 Å². The average molecular weight is 313 g/mol. The summed E-state index contributed by atoms with van der Waals surface area (Å²) in [5, 5.41) is 3.13. The molecule has 0 saturated carbocycles. The minimum atomic E-state index is -0.360. The lowest BCUT2D eigenvalue weighted by molar-refractivity contribution is 0.339. The molecule has 0 atom stereocenters. The number of halogens is 1. The third kappa shape index (κ3) is 3.31. The second kappa shape index (κ2) is 6.48. The monoisotopic (exact) mass is 313 g/mol. The summed E-state index contributed by atoms with van der Waals surface area (Å²) in [5.41, 5.74) is 1.70. The van der Waals surface area contributed by atoms with Gasteiger partial charge in [0.15, 0.2) is 0 Å². The van der Waals surface area contributed by atoms with E-state index in [4.69, 9.17) is 4.74 Å². The fourth-order valence-corrected chi connectivity index (χ4v) is 2.30. The number of aromatic nitrogens is 2. The lowest BCUT2D eigenvalue weighted by atomic mass is 10.2. The molecule has 2 heterocycles. The summed E-state index contributed by atoms with van der Waals surface area (Å²) in [7, 11) is 0. The van der Waals surface area contributed by atoms with E-state index in [2.05, 4.69) is 10.3 Å². The van der Waals surface area contributed by atoms with Gasteiger partial charge in [-0.3, -0.25) is 9.20 Å². The van der Waals surface area contributed by atoms with Gasteiger partial charge in [0.25, 0.3) is 5.56 Å². The summed E-state index contributed by atoms with van der Waals surface area (Å²) in [6.07, 6.45) is 1.68. The van der Waals surface area contributed by atoms with E-state index >= 15 is 0 Å². The molecule has 0 aliphatic heterocycles. The molecular formula is C17H16FN3O2. The zero-order valence-corrected chi connectivity index (χ0v) is 12.6. The molecule has 0 aliphatic carbocycles. The molecule has 5 nitrogen and oxygen atoms in total. The number of rotatable bonds is 5. The van der Waals surface area contributed by atoms with E-state index in [0.717, 1.165) is 0 Å². The smallest absolute Gasteiger partial charge is 0.258 e. The zero-order chi connectivity index (χ0) is 16.2. The van der Waals surface area contributed by atoms with Gasteiger partial charge in [-0.2, -0.15) is 0 Å². The topological polar surface area (TPSA) is 55.6 Å². The highest BCUT2D eigenvalue weighted by Gasteiger charge is 2.07. The van der Waals surface area contributed by atoms with Crippen LogP contribution in [0.1, 0.15) is 12.6 Å². The molecule has 0 amide bonds. The van der Waals surface area contributed by atoms with Gasteiger partial charge in [-0.05, 0) is 31.2 Å². The van der Waals surface area contributed by atoms with Gasteiger partial charge in [-0.15, -0.1) is 0 Å². The molecule has 23 heavy (non-hydrogen) atoms. The Labute approximate surface area is 132 Å². The number of nitrogens with one attached hydrogen (secondary N) is 1. The second-order valence-electron chi connectivity index (χ2n) is 4.94. The van der Waals surface area contributed by atoms with Crippen molar-refractivity contribution < 1.29 is 9.13 Å². The number of ether oxygens (including phenoxy) is 1. The summed E-state index contributed by atoms with van der Waals surface area (Å²) < 4.78 is 20.2. The van der Waals surface area contributed by atoms with Crippen LogP contribution in [0.25, 0.3) is 5.65 Å². The molecule has 2 aromatic heterocycles. The van der Waals surface area contributed by atoms with Crippen LogP contribution in [0.3, 0.4) is 0 Å². The lowest BCUT2D eigenvalue weighted by Crippen LogP contribution is -2.16. The van der Waals surface area contributed by atoms with E-state index in [0.29, 0.717) is 35.9 Å². The van der Waals surface area contributed by atoms with E-state index in [9.17, 15) is 9.18 Å². The van der Waals surface area contributed by atoms with Crippen LogP contribution in [-0.4, -0.2) is 16.0 Å². The maximum Gasteiger partial charge on any atom is 0.258 e. The Kier molecular flexibility index (Phi) is 4.23. The van der Waals surface area contributed by atoms with E-state index in [1.165, 1.54) is 22.6 Å². The van der Waals surface area contributed by atoms with Crippen molar-refractivity contribution in [2.24, 2.45) is 0 Å². The number of hydrogen-bond donors (Lipinski definition) is 1. The predicted octanol–water partition coefficient (Wildman–Crippen LogP) is 2.84. The molecule has 1 aromatic carbocycles. The average Bonchev–Trinajstić information content (AvgIpc) is 2.54. The van der Waals surface area contributed by atoms with Crippen molar-refractivity contribution in [1.29, 1.82) is 0 Å². The highest BCUT2D eigenvalue weighted by molar-refractivity contribution is 5.56. The lowest BCUT2D eigenvalue weighted by Gasteiger charge is -2.12. The standard InChI is InChI=1S/C17H16FN3O2/c1-2-23-15-9-12(18)6-7-14(15)19-11-13-10-17(22)21-8-4-3-5-16(21)20-13/h3-10,19H,2,11H2,1H3. The molecule has 0 aliphatic rings. The first-order chi connectivity index (χ1) is 11.2. The van der Waals surface area contributed by atoms with E-state index in [1.807, 2.05) is 13.0 Å². The van der Waals surface area contributed by atoms with Gasteiger partial charge in [0.1, 0.15) is 17.2 Å². The first-order valence-corrected chi connectivity index (χ1v) is 7.31. The number of pyridine rings is 1. The van der Waals surface area contributed by atoms with Crippen molar-refractivity contribution in [3.05, 3.63) is 70.5 Å². The highest BCUT2D eigenvalue weighted by Crippen LogP contribution is 2.25. The van der Waals surface area contributed by atoms with Gasteiger partial charge in [0.2, 0.25) is 0 Å². The van der Waals surface area contributed by atoms with Crippen LogP contribution in [0.5, 0.6) is 5.75 Å². The van der Waals surface area contributed by atoms with E-state index in [1.54, 1.807) is 24.4 Å². The summed E-state index contributed by atoms with van der Waals surface area (Å²) >= 11 is 0. The maximum atomic E-state index is 13.3. The molecule has 6 heteroatoms. The van der Waals surface area contributed by atoms with Crippen molar-refractivity contribution in [3.63, 3.8) is 0 Å². The quantitative estimate of drug-likeness (QED) is 0.787. The Morgan fingerprint density at radius 2 is 2.13 bits per heavy atom. The fourth-order valence-electron chi connectivity index (χ4n) is 2.30. The molecule has 1 N–H and O–H groups in total. The van der Waals surface area contributed by atoms with Gasteiger partial charge < -0.3 is 10.1 Å². The minimum absolute atomic E-state index is 0.142. The molecule has 118 valence electrons. The van der Waals surface area contributed by atoms with E-state index < -0.39 is 0 Å². The van der Waals surface area contributed by atoms with Crippen LogP contribution in [0.4, 0.5) is 10.1 Å². The Hall–Kier alpha value is -2.89. The number of benzene rings is 1. The Balaban J connectivity index is 1.85. The number of hydrogen-bond acceptors (Lipinski definition) is 4. The van der Waals surface area contributed by atoms with E-state index in [-0.39, 0.29) is 11.4 Å². The minimum Gasteiger partial charge on any atom is -0.492 e. The summed E-state index contributed by atoms with van der Waals surface area (Å²) in [5.74, 6) is 0.0751. The molecule has 0 spiro atoms. The first-order valence-electron chi connectivity index (χ1n) is 7.31. The number of anilines is 1. The molecule has 0 bridgehead atoms. The van der Waals surface area contributed by atoms with Gasteiger partial charge in [0.05, 0.1) is 24.5 Å². The van der Waals surface area contributed by atoms with Crippen molar-refractivity contribution in [1.82, 2.24) is 9.38 Å². The third-order valence-electron chi connectivity index (χ3n) is 3.33. The SMILES string of the molecule is CCOc1cc(F)ccc1NCc1cc(=O)n2ccccc2n1. The van der Waals surface area contributed by atoms with Crippen LogP contribution < -0.4 is 15.6 Å². The van der Waals surface area contributed by atoms with Crippen LogP contribution in [0.15, 0.2) is 53.5 Å². The second-order valence-corrected chi connectivity index (χ2v) is 4.94. The normalized spacial score (nSPS) is 10.7. The summed E-state index contributed by atoms with van der Waals surface area (Å²) in [6.45, 7) is 2.61. The van der Waals surface area contributed by atoms with Crippen LogP contribution in [-0.2, 0) is 6.54 Å². The Morgan fingerprint density at radius 1 is 1.26 bits per heavy atom. The highest BCUT2D eigenvalue weighted by atomic mass is 19.1. The molecule has 0 unspecified atom stereocenters. The first kappa shape index (κ1) is 15.0. The van der Waals surface area contributed by atoms with Crippen molar-refractivity contribution in [3.8, 4) is 5.75 Å². The van der Waals surface area contributed by atoms with Crippen molar-refractivity contribution >= 4 is 11.3 Å². The summed E-state index contributed by atoms with van der Waals surface area (Å²) in [4.78, 5) is 16.5. The summed E-state index contributed by atoms with van der Waals surface area (Å²) in [6, 6.07) is 11.1. The molecule has 3 rings (SSSR count). The van der Waals surface area contributed by atoms with Gasteiger partial charge in [0, 0.05) is 18.3 Å². The molecule has 3 aromatic rings.